The van der Waals surface area contributed by atoms with Crippen LogP contribution in [0.15, 0.2) is 0 Å². The zero-order valence-corrected chi connectivity index (χ0v) is 3.59. The molecule has 5 heavy (non-hydrogen) atoms. The van der Waals surface area contributed by atoms with Gasteiger partial charge in [-0.2, -0.15) is 4.21 Å². The van der Waals surface area contributed by atoms with Crippen LogP contribution in [-0.2, 0) is 11.4 Å². The van der Waals surface area contributed by atoms with Crippen molar-refractivity contribution in [3.8, 4) is 0 Å². The van der Waals surface area contributed by atoms with E-state index < -0.39 is 11.4 Å². The molecule has 5 heteroatoms. The van der Waals surface area contributed by atoms with Crippen molar-refractivity contribution in [1.29, 1.82) is 0 Å². The molecule has 0 rings (SSSR count). The summed E-state index contributed by atoms with van der Waals surface area (Å²) in [5.41, 5.74) is 0. The van der Waals surface area contributed by atoms with Gasteiger partial charge in [0.1, 0.15) is 0 Å². The summed E-state index contributed by atoms with van der Waals surface area (Å²) in [7, 11) is 0. The molecule has 2 N–H and O–H groups in total. The van der Waals surface area contributed by atoms with Crippen LogP contribution in [0.3, 0.4) is 0 Å². The molecule has 0 aliphatic carbocycles. The molecule has 0 bridgehead atoms. The van der Waals surface area contributed by atoms with Crippen LogP contribution in [0.5, 0.6) is 0 Å². The second-order valence-corrected chi connectivity index (χ2v) is 0.692. The predicted molar refractivity (Wildman–Crippen MR) is 13.4 cm³/mol. The maximum atomic E-state index is 8.67. The molecule has 0 spiro atoms. The largest absolute Gasteiger partial charge is 0.299 e. The van der Waals surface area contributed by atoms with E-state index in [0.29, 0.717) is 0 Å². The molecule has 0 aliphatic heterocycles. The van der Waals surface area contributed by atoms with Crippen LogP contribution in [0.1, 0.15) is 0 Å². The Hall–Kier alpha value is 1.33. The molecule has 0 fully saturated rings. The van der Waals surface area contributed by atoms with Gasteiger partial charge in [0.05, 0.1) is 0 Å². The van der Waals surface area contributed by atoms with Gasteiger partial charge >= 0.3 is 0 Å². The van der Waals surface area contributed by atoms with Gasteiger partial charge < -0.3 is 0 Å². The van der Waals surface area contributed by atoms with Crippen molar-refractivity contribution in [2.45, 2.75) is 0 Å². The predicted octanol–water partition coefficient (Wildman–Crippen LogP) is -0.319. The van der Waals surface area contributed by atoms with Gasteiger partial charge in [0.15, 0.2) is 0 Å². The third kappa shape index (κ3) is 33.4. The molecule has 0 saturated carbocycles. The normalized spacial score (nSPS) is 7.00. The average molecular weight is 122 g/mol. The summed E-state index contributed by atoms with van der Waals surface area (Å²) in [5, 5.41) is 0. The first-order valence-electron chi connectivity index (χ1n) is 0.532. The number of rotatable bonds is 0. The smallest absolute Gasteiger partial charge is 0.284 e. The van der Waals surface area contributed by atoms with E-state index in [4.69, 9.17) is 13.3 Å². The minimum atomic E-state index is -2.61. The summed E-state index contributed by atoms with van der Waals surface area (Å²) < 4.78 is 22.8. The van der Waals surface area contributed by atoms with E-state index in [1.807, 2.05) is 0 Å². The molecule has 3 nitrogen and oxygen atoms in total. The minimum absolute atomic E-state index is 0. The van der Waals surface area contributed by atoms with Gasteiger partial charge in [-0.1, -0.05) is 0 Å². The van der Waals surface area contributed by atoms with Gasteiger partial charge in [-0.25, -0.2) is 0 Å². The summed E-state index contributed by atoms with van der Waals surface area (Å²) in [6.07, 6.45) is 0. The topological polar surface area (TPSA) is 57.5 Å². The van der Waals surface area contributed by atoms with E-state index in [-0.39, 0.29) is 37.7 Å². The quantitative estimate of drug-likeness (QED) is 0.433. The number of hydrogen-bond donors (Lipinski definition) is 2. The Kier molecular flexibility index (Phi) is 10.2. The Labute approximate surface area is 61.9 Å². The molecule has 0 heterocycles. The molecule has 34 valence electrons. The maximum Gasteiger partial charge on any atom is 0.299 e. The molecular weight excluding hydrogens is 120 g/mol. The van der Waals surface area contributed by atoms with Crippen LogP contribution in [0.4, 0.5) is 0 Å². The van der Waals surface area contributed by atoms with Crippen LogP contribution in [-0.4, -0.2) is 13.3 Å². The summed E-state index contributed by atoms with van der Waals surface area (Å²) in [4.78, 5) is 0. The first kappa shape index (κ1) is 9.59. The molecule has 0 aromatic rings. The summed E-state index contributed by atoms with van der Waals surface area (Å²) in [6.45, 7) is 0. The molecule has 0 saturated heterocycles. The van der Waals surface area contributed by atoms with E-state index in [0.717, 1.165) is 0 Å². The average Bonchev–Trinajstić information content (AvgIpc) is 0.811. The second kappa shape index (κ2) is 5.33. The maximum absolute atomic E-state index is 8.67. The fraction of sp³-hybridized carbons (Fsp3) is 0. The van der Waals surface area contributed by atoms with Gasteiger partial charge in [0.2, 0.25) is 0 Å². The zero-order chi connectivity index (χ0) is 3.58. The minimum Gasteiger partial charge on any atom is -0.284 e. The van der Waals surface area contributed by atoms with Gasteiger partial charge in [0, 0.05) is 37.7 Å². The van der Waals surface area contributed by atoms with Crippen molar-refractivity contribution < 1.29 is 51.1 Å². The number of hydrogen-bond acceptors (Lipinski definition) is 1. The van der Waals surface area contributed by atoms with E-state index >= 15 is 0 Å². The Morgan fingerprint density at radius 1 is 1.40 bits per heavy atom. The van der Waals surface area contributed by atoms with Crippen molar-refractivity contribution in [2.24, 2.45) is 0 Å². The van der Waals surface area contributed by atoms with Crippen LogP contribution in [0, 0.1) is 37.7 Å². The van der Waals surface area contributed by atoms with Crippen molar-refractivity contribution in [3.63, 3.8) is 0 Å². The SMILES string of the molecule is O=S(O)O.[Ar]. The monoisotopic (exact) mass is 122 g/mol. The second-order valence-electron chi connectivity index (χ2n) is 0.231. The van der Waals surface area contributed by atoms with Crippen molar-refractivity contribution in [2.75, 3.05) is 0 Å². The van der Waals surface area contributed by atoms with Crippen LogP contribution in [0.2, 0.25) is 0 Å². The van der Waals surface area contributed by atoms with Crippen LogP contribution < -0.4 is 0 Å². The fourth-order valence-electron chi connectivity index (χ4n) is 0. The molecule has 0 aromatic carbocycles. The van der Waals surface area contributed by atoms with Gasteiger partial charge in [0.25, 0.3) is 11.4 Å². The third-order valence-corrected chi connectivity index (χ3v) is 0. The molecule has 0 unspecified atom stereocenters. The molecule has 0 atom stereocenters. The first-order chi connectivity index (χ1) is 1.73. The Bertz CT molecular complexity index is 29.9. The van der Waals surface area contributed by atoms with E-state index in [9.17, 15) is 0 Å². The summed E-state index contributed by atoms with van der Waals surface area (Å²) in [5.74, 6) is 0. The van der Waals surface area contributed by atoms with Crippen molar-refractivity contribution >= 4 is 11.4 Å². The molecule has 0 aliphatic rings. The van der Waals surface area contributed by atoms with Gasteiger partial charge in [-0.15, -0.1) is 0 Å². The molecular formula is H2ArO3S. The fourth-order valence-corrected chi connectivity index (χ4v) is 0. The van der Waals surface area contributed by atoms with E-state index in [1.165, 1.54) is 0 Å². The summed E-state index contributed by atoms with van der Waals surface area (Å²) in [6, 6.07) is 0. The molecule has 0 radical (unpaired) electrons. The standard InChI is InChI=1S/Ar.H2O3S/c;1-4(2)3/h;(H2,1,2,3). The molecule has 0 aromatic heterocycles. The Morgan fingerprint density at radius 3 is 1.40 bits per heavy atom. The van der Waals surface area contributed by atoms with Crippen molar-refractivity contribution in [1.82, 2.24) is 0 Å². The zero-order valence-electron chi connectivity index (χ0n) is 2.06. The Morgan fingerprint density at radius 2 is 1.40 bits per heavy atom. The molecule has 0 amide bonds. The van der Waals surface area contributed by atoms with Gasteiger partial charge in [-0.05, 0) is 0 Å². The van der Waals surface area contributed by atoms with E-state index in [2.05, 4.69) is 0 Å². The third-order valence-electron chi connectivity index (χ3n) is 0. The Balaban J connectivity index is 0. The van der Waals surface area contributed by atoms with Gasteiger partial charge in [-0.3, -0.25) is 9.11 Å². The van der Waals surface area contributed by atoms with Crippen LogP contribution >= 0.6 is 0 Å². The van der Waals surface area contributed by atoms with Crippen LogP contribution in [0.25, 0.3) is 0 Å². The first-order valence-corrected chi connectivity index (χ1v) is 1.60. The summed E-state index contributed by atoms with van der Waals surface area (Å²) >= 11 is -2.61. The van der Waals surface area contributed by atoms with Crippen molar-refractivity contribution in [3.05, 3.63) is 0 Å². The van der Waals surface area contributed by atoms with E-state index in [1.54, 1.807) is 0 Å².